The van der Waals surface area contributed by atoms with Crippen molar-refractivity contribution in [3.05, 3.63) is 83.7 Å². The van der Waals surface area contributed by atoms with Gasteiger partial charge in [0.1, 0.15) is 30.0 Å². The van der Waals surface area contributed by atoms with Gasteiger partial charge >= 0.3 is 0 Å². The highest BCUT2D eigenvalue weighted by molar-refractivity contribution is 5.28. The van der Waals surface area contributed by atoms with Crippen LogP contribution in [0.15, 0.2) is 60.8 Å². The Bertz CT molecular complexity index is 1180. The molecule has 1 N–H and O–H groups in total. The molecule has 0 unspecified atom stereocenters. The molecule has 1 saturated heterocycles. The monoisotopic (exact) mass is 496 g/mol. The molecule has 6 nitrogen and oxygen atoms in total. The Kier molecular flexibility index (Phi) is 7.07. The van der Waals surface area contributed by atoms with E-state index < -0.39 is 17.2 Å². The van der Waals surface area contributed by atoms with Gasteiger partial charge < -0.3 is 19.3 Å². The summed E-state index contributed by atoms with van der Waals surface area (Å²) in [5.41, 5.74) is 1.16. The number of hydrogen-bond acceptors (Lipinski definition) is 6. The second-order valence-electron chi connectivity index (χ2n) is 9.66. The lowest BCUT2D eigenvalue weighted by atomic mass is 9.95. The Hall–Kier alpha value is -3.23. The summed E-state index contributed by atoms with van der Waals surface area (Å²) in [4.78, 5) is 6.77. The molecule has 1 aliphatic carbocycles. The van der Waals surface area contributed by atoms with Gasteiger partial charge in [0.2, 0.25) is 0 Å². The van der Waals surface area contributed by atoms with E-state index in [9.17, 15) is 13.9 Å². The average molecular weight is 497 g/mol. The van der Waals surface area contributed by atoms with Crippen LogP contribution in [0.5, 0.6) is 17.2 Å². The first-order valence-corrected chi connectivity index (χ1v) is 12.2. The summed E-state index contributed by atoms with van der Waals surface area (Å²) >= 11 is 0. The Morgan fingerprint density at radius 3 is 2.58 bits per heavy atom. The number of β-amino-alcohol motifs (C(OH)–C–C–N with tert-alkyl or cyclic N) is 1. The number of fused-ring (bicyclic) bond motifs is 1. The van der Waals surface area contributed by atoms with Crippen LogP contribution >= 0.6 is 0 Å². The summed E-state index contributed by atoms with van der Waals surface area (Å²) in [5, 5.41) is 11.2. The topological polar surface area (TPSA) is 64.1 Å². The SMILES string of the molecule is COc1ccc(COc2ccc(CCN3C[C@H]4C[C@H](Oc5ccc(F)cc5F)C[C@@]4(O)C3)nc2)cc1. The van der Waals surface area contributed by atoms with Crippen LogP contribution < -0.4 is 14.2 Å². The summed E-state index contributed by atoms with van der Waals surface area (Å²) < 4.78 is 43.8. The van der Waals surface area contributed by atoms with Gasteiger partial charge in [-0.25, -0.2) is 8.78 Å². The lowest BCUT2D eigenvalue weighted by molar-refractivity contribution is 0.0217. The minimum atomic E-state index is -0.853. The Morgan fingerprint density at radius 1 is 1.08 bits per heavy atom. The number of aromatic nitrogens is 1. The Labute approximate surface area is 209 Å². The third kappa shape index (κ3) is 5.60. The smallest absolute Gasteiger partial charge is 0.167 e. The van der Waals surface area contributed by atoms with Gasteiger partial charge in [-0.15, -0.1) is 0 Å². The zero-order valence-corrected chi connectivity index (χ0v) is 20.2. The molecule has 0 spiro atoms. The van der Waals surface area contributed by atoms with Crippen LogP contribution in [0.25, 0.3) is 0 Å². The number of methoxy groups -OCH3 is 1. The molecule has 0 bridgehead atoms. The quantitative estimate of drug-likeness (QED) is 0.474. The van der Waals surface area contributed by atoms with Crippen molar-refractivity contribution in [3.63, 3.8) is 0 Å². The zero-order valence-electron chi connectivity index (χ0n) is 20.2. The Morgan fingerprint density at radius 2 is 1.89 bits per heavy atom. The number of pyridine rings is 1. The number of halogens is 2. The summed E-state index contributed by atoms with van der Waals surface area (Å²) in [6, 6.07) is 14.9. The number of aliphatic hydroxyl groups is 1. The van der Waals surface area contributed by atoms with E-state index >= 15 is 0 Å². The van der Waals surface area contributed by atoms with Gasteiger partial charge in [0, 0.05) is 50.2 Å². The van der Waals surface area contributed by atoms with Gasteiger partial charge in [-0.3, -0.25) is 9.88 Å². The lowest BCUT2D eigenvalue weighted by Crippen LogP contribution is -2.36. The highest BCUT2D eigenvalue weighted by Crippen LogP contribution is 2.43. The Balaban J connectivity index is 1.07. The van der Waals surface area contributed by atoms with Crippen molar-refractivity contribution in [2.24, 2.45) is 5.92 Å². The molecule has 5 rings (SSSR count). The first-order chi connectivity index (χ1) is 17.4. The zero-order chi connectivity index (χ0) is 25.1. The molecule has 0 amide bonds. The highest BCUT2D eigenvalue weighted by Gasteiger charge is 2.52. The van der Waals surface area contributed by atoms with Crippen LogP contribution in [0.3, 0.4) is 0 Å². The molecule has 0 radical (unpaired) electrons. The van der Waals surface area contributed by atoms with Gasteiger partial charge in [-0.1, -0.05) is 12.1 Å². The van der Waals surface area contributed by atoms with Crippen molar-refractivity contribution < 1.29 is 28.1 Å². The van der Waals surface area contributed by atoms with E-state index in [0.717, 1.165) is 42.6 Å². The lowest BCUT2D eigenvalue weighted by Gasteiger charge is -2.23. The van der Waals surface area contributed by atoms with E-state index in [1.54, 1.807) is 13.3 Å². The van der Waals surface area contributed by atoms with E-state index in [4.69, 9.17) is 14.2 Å². The molecule has 36 heavy (non-hydrogen) atoms. The van der Waals surface area contributed by atoms with Crippen LogP contribution in [0.2, 0.25) is 0 Å². The number of nitrogens with zero attached hydrogens (tertiary/aromatic N) is 2. The maximum atomic E-state index is 13.9. The third-order valence-corrected chi connectivity index (χ3v) is 7.10. The summed E-state index contributed by atoms with van der Waals surface area (Å²) in [6.07, 6.45) is 3.30. The molecule has 1 aliphatic heterocycles. The minimum absolute atomic E-state index is 0.0318. The highest BCUT2D eigenvalue weighted by atomic mass is 19.1. The van der Waals surface area contributed by atoms with E-state index in [2.05, 4.69) is 9.88 Å². The molecule has 2 aliphatic rings. The third-order valence-electron chi connectivity index (χ3n) is 7.10. The van der Waals surface area contributed by atoms with Crippen LogP contribution in [-0.2, 0) is 13.0 Å². The van der Waals surface area contributed by atoms with E-state index in [0.29, 0.717) is 31.7 Å². The molecule has 1 aromatic heterocycles. The molecule has 190 valence electrons. The summed E-state index contributed by atoms with van der Waals surface area (Å²) in [7, 11) is 1.64. The fraction of sp³-hybridized carbons (Fsp3) is 0.393. The molecular formula is C28H30F2N2O4. The molecule has 3 aromatic rings. The van der Waals surface area contributed by atoms with E-state index in [1.165, 1.54) is 12.1 Å². The number of rotatable bonds is 9. The van der Waals surface area contributed by atoms with Crippen molar-refractivity contribution in [2.45, 2.75) is 37.6 Å². The maximum absolute atomic E-state index is 13.9. The van der Waals surface area contributed by atoms with Gasteiger partial charge in [0.25, 0.3) is 0 Å². The second-order valence-corrected chi connectivity index (χ2v) is 9.66. The molecule has 1 saturated carbocycles. The molecule has 2 heterocycles. The van der Waals surface area contributed by atoms with Gasteiger partial charge in [0.05, 0.1) is 18.9 Å². The molecule has 2 fully saturated rings. The normalized spacial score (nSPS) is 23.4. The van der Waals surface area contributed by atoms with E-state index in [1.807, 2.05) is 36.4 Å². The fourth-order valence-corrected chi connectivity index (χ4v) is 5.20. The van der Waals surface area contributed by atoms with Crippen LogP contribution in [-0.4, -0.2) is 53.4 Å². The van der Waals surface area contributed by atoms with Gasteiger partial charge in [0.15, 0.2) is 11.6 Å². The summed E-state index contributed by atoms with van der Waals surface area (Å²) in [5.74, 6) is 0.264. The minimum Gasteiger partial charge on any atom is -0.497 e. The number of ether oxygens (including phenoxy) is 3. The second kappa shape index (κ2) is 10.4. The van der Waals surface area contributed by atoms with Crippen LogP contribution in [0.4, 0.5) is 8.78 Å². The number of benzene rings is 2. The van der Waals surface area contributed by atoms with Crippen LogP contribution in [0, 0.1) is 17.6 Å². The van der Waals surface area contributed by atoms with Gasteiger partial charge in [-0.2, -0.15) is 0 Å². The standard InChI is InChI=1S/C28H30F2N2O4/c1-34-23-6-2-19(3-7-23)17-35-24-8-5-22(31-15-24)10-11-32-16-20-12-25(14-28(20,33)18-32)36-27-9-4-21(29)13-26(27)30/h2-9,13,15,20,25,33H,10-12,14,16-18H2,1H3/t20-,25+,28-/m1/s1. The van der Waals surface area contributed by atoms with Crippen molar-refractivity contribution >= 4 is 0 Å². The predicted molar refractivity (Wildman–Crippen MR) is 130 cm³/mol. The molecule has 3 atom stereocenters. The first kappa shape index (κ1) is 24.5. The molecule has 2 aromatic carbocycles. The maximum Gasteiger partial charge on any atom is 0.167 e. The number of likely N-dealkylation sites (tertiary alicyclic amines) is 1. The van der Waals surface area contributed by atoms with Crippen molar-refractivity contribution in [1.29, 1.82) is 0 Å². The van der Waals surface area contributed by atoms with Crippen molar-refractivity contribution in [3.8, 4) is 17.2 Å². The first-order valence-electron chi connectivity index (χ1n) is 12.2. The predicted octanol–water partition coefficient (Wildman–Crippen LogP) is 4.39. The fourth-order valence-electron chi connectivity index (χ4n) is 5.20. The largest absolute Gasteiger partial charge is 0.497 e. The summed E-state index contributed by atoms with van der Waals surface area (Å²) in [6.45, 7) is 2.55. The van der Waals surface area contributed by atoms with Crippen molar-refractivity contribution in [1.82, 2.24) is 9.88 Å². The van der Waals surface area contributed by atoms with Crippen molar-refractivity contribution in [2.75, 3.05) is 26.7 Å². The van der Waals surface area contributed by atoms with Gasteiger partial charge in [-0.05, 0) is 48.4 Å². The molecular weight excluding hydrogens is 466 g/mol. The average Bonchev–Trinajstić information content (AvgIpc) is 3.34. The molecule has 8 heteroatoms. The number of hydrogen-bond donors (Lipinski definition) is 1. The van der Waals surface area contributed by atoms with Crippen LogP contribution in [0.1, 0.15) is 24.1 Å². The van der Waals surface area contributed by atoms with E-state index in [-0.39, 0.29) is 17.8 Å².